The van der Waals surface area contributed by atoms with Gasteiger partial charge in [0.25, 0.3) is 5.56 Å². The first-order chi connectivity index (χ1) is 12.9. The van der Waals surface area contributed by atoms with Gasteiger partial charge in [-0.2, -0.15) is 13.2 Å². The minimum absolute atomic E-state index is 0.0533. The van der Waals surface area contributed by atoms with Crippen LogP contribution in [0.15, 0.2) is 58.5 Å². The molecule has 3 rings (SSSR count). The first kappa shape index (κ1) is 19.4. The Morgan fingerprint density at radius 3 is 2.44 bits per heavy atom. The summed E-state index contributed by atoms with van der Waals surface area (Å²) in [5.74, 6) is 0.377. The van der Waals surface area contributed by atoms with Gasteiger partial charge in [-0.25, -0.2) is 4.98 Å². The number of rotatable bonds is 6. The van der Waals surface area contributed by atoms with Gasteiger partial charge in [0.05, 0.1) is 16.5 Å². The van der Waals surface area contributed by atoms with Crippen LogP contribution in [-0.4, -0.2) is 21.3 Å². The summed E-state index contributed by atoms with van der Waals surface area (Å²) >= 11 is 1.28. The topological polar surface area (TPSA) is 55.1 Å². The van der Waals surface area contributed by atoms with Crippen molar-refractivity contribution < 1.29 is 18.3 Å². The second-order valence-corrected chi connectivity index (χ2v) is 6.87. The van der Waals surface area contributed by atoms with Crippen molar-refractivity contribution in [1.29, 1.82) is 0 Å². The molecule has 1 aromatic heterocycles. The van der Waals surface area contributed by atoms with E-state index in [9.17, 15) is 18.0 Å². The lowest BCUT2D eigenvalue weighted by Gasteiger charge is -2.13. The van der Waals surface area contributed by atoms with Crippen molar-refractivity contribution in [1.82, 2.24) is 9.55 Å². The quantitative estimate of drug-likeness (QED) is 0.505. The third-order valence-electron chi connectivity index (χ3n) is 4.02. The Balaban J connectivity index is 1.88. The zero-order valence-electron chi connectivity index (χ0n) is 14.2. The van der Waals surface area contributed by atoms with Gasteiger partial charge in [-0.1, -0.05) is 36.0 Å². The maximum absolute atomic E-state index is 12.7. The maximum atomic E-state index is 12.7. The summed E-state index contributed by atoms with van der Waals surface area (Å²) in [4.78, 5) is 17.2. The van der Waals surface area contributed by atoms with Crippen LogP contribution in [0, 0.1) is 0 Å². The molecule has 2 aromatic carbocycles. The van der Waals surface area contributed by atoms with E-state index in [0.717, 1.165) is 12.1 Å². The fourth-order valence-corrected chi connectivity index (χ4v) is 3.60. The predicted octanol–water partition coefficient (Wildman–Crippen LogP) is 4.09. The SMILES string of the molecule is O=c1c2ccccc2nc(SCc2ccc(C(F)(F)F)cc2)n1CCCO. The van der Waals surface area contributed by atoms with Crippen LogP contribution < -0.4 is 5.56 Å². The number of aliphatic hydroxyl groups is 1. The van der Waals surface area contributed by atoms with E-state index in [1.807, 2.05) is 0 Å². The van der Waals surface area contributed by atoms with Gasteiger partial charge in [0.1, 0.15) is 0 Å². The molecule has 0 aliphatic rings. The van der Waals surface area contributed by atoms with Crippen LogP contribution in [-0.2, 0) is 18.5 Å². The number of fused-ring (bicyclic) bond motifs is 1. The fraction of sp³-hybridized carbons (Fsp3) is 0.263. The average Bonchev–Trinajstić information content (AvgIpc) is 2.65. The Hall–Kier alpha value is -2.32. The van der Waals surface area contributed by atoms with Gasteiger partial charge in [0, 0.05) is 18.9 Å². The van der Waals surface area contributed by atoms with Gasteiger partial charge in [-0.15, -0.1) is 0 Å². The number of halogens is 3. The normalized spacial score (nSPS) is 11.9. The lowest BCUT2D eigenvalue weighted by molar-refractivity contribution is -0.137. The second-order valence-electron chi connectivity index (χ2n) is 5.93. The molecule has 0 bridgehead atoms. The van der Waals surface area contributed by atoms with E-state index < -0.39 is 11.7 Å². The molecule has 0 atom stereocenters. The molecule has 1 heterocycles. The van der Waals surface area contributed by atoms with Crippen LogP contribution in [0.4, 0.5) is 13.2 Å². The van der Waals surface area contributed by atoms with Crippen molar-refractivity contribution >= 4 is 22.7 Å². The molecule has 1 N–H and O–H groups in total. The monoisotopic (exact) mass is 394 g/mol. The van der Waals surface area contributed by atoms with E-state index in [-0.39, 0.29) is 12.2 Å². The van der Waals surface area contributed by atoms with Gasteiger partial charge >= 0.3 is 6.18 Å². The standard InChI is InChI=1S/C19H17F3N2O2S/c20-19(21,22)14-8-6-13(7-9-14)12-27-18-23-16-5-2-1-4-15(16)17(26)24(18)10-3-11-25/h1-2,4-9,25H,3,10-12H2. The lowest BCUT2D eigenvalue weighted by atomic mass is 10.1. The summed E-state index contributed by atoms with van der Waals surface area (Å²) in [5.41, 5.74) is 0.380. The number of thioether (sulfide) groups is 1. The van der Waals surface area contributed by atoms with Crippen LogP contribution in [0.25, 0.3) is 10.9 Å². The number of hydrogen-bond donors (Lipinski definition) is 1. The van der Waals surface area contributed by atoms with Gasteiger partial charge in [-0.3, -0.25) is 9.36 Å². The Kier molecular flexibility index (Phi) is 5.86. The molecule has 27 heavy (non-hydrogen) atoms. The summed E-state index contributed by atoms with van der Waals surface area (Å²) < 4.78 is 39.5. The van der Waals surface area contributed by atoms with Crippen LogP contribution >= 0.6 is 11.8 Å². The van der Waals surface area contributed by atoms with E-state index >= 15 is 0 Å². The minimum Gasteiger partial charge on any atom is -0.396 e. The molecule has 142 valence electrons. The summed E-state index contributed by atoms with van der Waals surface area (Å²) in [5, 5.41) is 10.1. The Bertz CT molecular complexity index is 985. The predicted molar refractivity (Wildman–Crippen MR) is 98.7 cm³/mol. The lowest BCUT2D eigenvalue weighted by Crippen LogP contribution is -2.24. The average molecular weight is 394 g/mol. The highest BCUT2D eigenvalue weighted by Gasteiger charge is 2.29. The molecule has 0 spiro atoms. The molecule has 4 nitrogen and oxygen atoms in total. The number of nitrogens with zero attached hydrogens (tertiary/aromatic N) is 2. The van der Waals surface area contributed by atoms with Crippen molar-refractivity contribution in [3.63, 3.8) is 0 Å². The molecule has 0 fully saturated rings. The number of aliphatic hydroxyl groups excluding tert-OH is 1. The third kappa shape index (κ3) is 4.51. The van der Waals surface area contributed by atoms with E-state index in [0.29, 0.717) is 40.3 Å². The van der Waals surface area contributed by atoms with Gasteiger partial charge in [0.2, 0.25) is 0 Å². The highest BCUT2D eigenvalue weighted by molar-refractivity contribution is 7.98. The summed E-state index contributed by atoms with van der Waals surface area (Å²) in [7, 11) is 0. The largest absolute Gasteiger partial charge is 0.416 e. The van der Waals surface area contributed by atoms with E-state index in [4.69, 9.17) is 5.11 Å². The fourth-order valence-electron chi connectivity index (χ4n) is 2.62. The molecule has 0 saturated heterocycles. The Morgan fingerprint density at radius 2 is 1.78 bits per heavy atom. The molecule has 0 saturated carbocycles. The first-order valence-corrected chi connectivity index (χ1v) is 9.28. The van der Waals surface area contributed by atoms with E-state index in [2.05, 4.69) is 4.98 Å². The molecule has 0 aliphatic heterocycles. The molecule has 0 amide bonds. The maximum Gasteiger partial charge on any atom is 0.416 e. The zero-order valence-corrected chi connectivity index (χ0v) is 15.1. The molecule has 8 heteroatoms. The van der Waals surface area contributed by atoms with Crippen molar-refractivity contribution in [2.45, 2.75) is 30.1 Å². The van der Waals surface area contributed by atoms with Crippen molar-refractivity contribution in [3.8, 4) is 0 Å². The Labute approximate surface area is 157 Å². The molecule has 0 aliphatic carbocycles. The van der Waals surface area contributed by atoms with Crippen molar-refractivity contribution in [3.05, 3.63) is 70.0 Å². The molecular formula is C19H17F3N2O2S. The van der Waals surface area contributed by atoms with Crippen LogP contribution in [0.2, 0.25) is 0 Å². The highest BCUT2D eigenvalue weighted by atomic mass is 32.2. The first-order valence-electron chi connectivity index (χ1n) is 8.29. The van der Waals surface area contributed by atoms with Crippen LogP contribution in [0.3, 0.4) is 0 Å². The molecular weight excluding hydrogens is 377 g/mol. The third-order valence-corrected chi connectivity index (χ3v) is 5.06. The molecule has 0 unspecified atom stereocenters. The van der Waals surface area contributed by atoms with Crippen molar-refractivity contribution in [2.75, 3.05) is 6.61 Å². The Morgan fingerprint density at radius 1 is 1.07 bits per heavy atom. The highest BCUT2D eigenvalue weighted by Crippen LogP contribution is 2.30. The number of aromatic nitrogens is 2. The van der Waals surface area contributed by atoms with Gasteiger partial charge < -0.3 is 5.11 Å². The van der Waals surface area contributed by atoms with Crippen LogP contribution in [0.5, 0.6) is 0 Å². The number of hydrogen-bond acceptors (Lipinski definition) is 4. The van der Waals surface area contributed by atoms with E-state index in [1.54, 1.807) is 24.3 Å². The van der Waals surface area contributed by atoms with Gasteiger partial charge in [-0.05, 0) is 36.2 Å². The van der Waals surface area contributed by atoms with Gasteiger partial charge in [0.15, 0.2) is 5.16 Å². The number of alkyl halides is 3. The minimum atomic E-state index is -4.36. The molecule has 3 aromatic rings. The second kappa shape index (κ2) is 8.14. The van der Waals surface area contributed by atoms with E-state index in [1.165, 1.54) is 28.5 Å². The number of benzene rings is 2. The number of para-hydroxylation sites is 1. The summed E-state index contributed by atoms with van der Waals surface area (Å²) in [6.45, 7) is 0.269. The smallest absolute Gasteiger partial charge is 0.396 e. The summed E-state index contributed by atoms with van der Waals surface area (Å²) in [6.07, 6.45) is -3.95. The van der Waals surface area contributed by atoms with Crippen molar-refractivity contribution in [2.24, 2.45) is 0 Å². The zero-order chi connectivity index (χ0) is 19.4. The summed E-state index contributed by atoms with van der Waals surface area (Å²) in [6, 6.07) is 11.9. The van der Waals surface area contributed by atoms with Crippen LogP contribution in [0.1, 0.15) is 17.5 Å². The molecule has 0 radical (unpaired) electrons.